The maximum atomic E-state index is 12.7. The number of carbonyl (C=O) groups excluding carboxylic acids is 1. The van der Waals surface area contributed by atoms with Crippen LogP contribution in [0.5, 0.6) is 0 Å². The van der Waals surface area contributed by atoms with Gasteiger partial charge in [0.25, 0.3) is 5.91 Å². The molecule has 4 rings (SSSR count). The highest BCUT2D eigenvalue weighted by Gasteiger charge is 2.15. The first-order valence-electron chi connectivity index (χ1n) is 11.6. The monoisotopic (exact) mass is 458 g/mol. The summed E-state index contributed by atoms with van der Waals surface area (Å²) in [7, 11) is 0. The number of hydrogen-bond donors (Lipinski definition) is 4. The molecule has 0 spiro atoms. The number of anilines is 1. The molecule has 3 aromatic heterocycles. The summed E-state index contributed by atoms with van der Waals surface area (Å²) in [6.45, 7) is 5.84. The Bertz CT molecular complexity index is 1150. The lowest BCUT2D eigenvalue weighted by atomic mass is 10.2. The summed E-state index contributed by atoms with van der Waals surface area (Å²) >= 11 is 0. The average Bonchev–Trinajstić information content (AvgIpc) is 3.54. The number of aliphatic imine (C=N–C) groups is 1. The zero-order valence-corrected chi connectivity index (χ0v) is 19.3. The van der Waals surface area contributed by atoms with E-state index >= 15 is 0 Å². The molecule has 1 fully saturated rings. The molecule has 0 saturated carbocycles. The first-order valence-corrected chi connectivity index (χ1v) is 11.6. The number of amidine groups is 2. The number of amides is 1. The van der Waals surface area contributed by atoms with Gasteiger partial charge in [-0.05, 0) is 76.2 Å². The van der Waals surface area contributed by atoms with Crippen LogP contribution in [0.4, 0.5) is 5.69 Å². The van der Waals surface area contributed by atoms with Crippen molar-refractivity contribution in [1.29, 1.82) is 5.41 Å². The van der Waals surface area contributed by atoms with Crippen LogP contribution in [0.2, 0.25) is 0 Å². The molecule has 1 saturated heterocycles. The molecule has 9 heteroatoms. The second kappa shape index (κ2) is 11.3. The third kappa shape index (κ3) is 6.35. The summed E-state index contributed by atoms with van der Waals surface area (Å²) in [6.07, 6.45) is 8.47. The van der Waals surface area contributed by atoms with E-state index in [-0.39, 0.29) is 11.7 Å². The van der Waals surface area contributed by atoms with Gasteiger partial charge in [-0.1, -0.05) is 6.07 Å². The van der Waals surface area contributed by atoms with Crippen LogP contribution in [0.15, 0.2) is 60.0 Å². The summed E-state index contributed by atoms with van der Waals surface area (Å²) < 4.78 is 0. The first-order chi connectivity index (χ1) is 16.6. The number of nitrogens with zero attached hydrogens (tertiary/aromatic N) is 4. The summed E-state index contributed by atoms with van der Waals surface area (Å²) in [4.78, 5) is 31.1. The summed E-state index contributed by atoms with van der Waals surface area (Å²) in [5, 5.41) is 14.7. The van der Waals surface area contributed by atoms with Gasteiger partial charge in [0, 0.05) is 36.5 Å². The van der Waals surface area contributed by atoms with Gasteiger partial charge in [-0.2, -0.15) is 0 Å². The van der Waals surface area contributed by atoms with E-state index in [2.05, 4.69) is 35.5 Å². The van der Waals surface area contributed by atoms with Gasteiger partial charge in [0.2, 0.25) is 0 Å². The molecule has 4 heterocycles. The number of aromatic amines is 1. The number of carbonyl (C=O) groups is 1. The van der Waals surface area contributed by atoms with Gasteiger partial charge < -0.3 is 20.5 Å². The fourth-order valence-electron chi connectivity index (χ4n) is 3.85. The van der Waals surface area contributed by atoms with Crippen LogP contribution in [0.25, 0.3) is 0 Å². The van der Waals surface area contributed by atoms with Crippen molar-refractivity contribution in [2.45, 2.75) is 26.2 Å². The van der Waals surface area contributed by atoms with Crippen LogP contribution in [0.3, 0.4) is 0 Å². The minimum absolute atomic E-state index is 0.0165. The van der Waals surface area contributed by atoms with Gasteiger partial charge in [0.1, 0.15) is 5.69 Å². The van der Waals surface area contributed by atoms with E-state index in [4.69, 9.17) is 5.41 Å². The van der Waals surface area contributed by atoms with Gasteiger partial charge in [0.15, 0.2) is 11.7 Å². The Morgan fingerprint density at radius 3 is 2.76 bits per heavy atom. The van der Waals surface area contributed by atoms with Crippen LogP contribution >= 0.6 is 0 Å². The molecule has 0 bridgehead atoms. The van der Waals surface area contributed by atoms with Gasteiger partial charge in [0.05, 0.1) is 11.3 Å². The molecular weight excluding hydrogens is 428 g/mol. The van der Waals surface area contributed by atoms with Gasteiger partial charge in [-0.15, -0.1) is 0 Å². The lowest BCUT2D eigenvalue weighted by molar-refractivity contribution is 0.0952. The summed E-state index contributed by atoms with van der Waals surface area (Å²) in [6, 6.07) is 10.8. The zero-order chi connectivity index (χ0) is 23.8. The number of aryl methyl sites for hydroxylation is 1. The predicted molar refractivity (Wildman–Crippen MR) is 134 cm³/mol. The maximum absolute atomic E-state index is 12.7. The Hall–Kier alpha value is -3.85. The molecule has 0 unspecified atom stereocenters. The van der Waals surface area contributed by atoms with Crippen molar-refractivity contribution >= 4 is 23.3 Å². The number of H-pyrrole nitrogens is 1. The van der Waals surface area contributed by atoms with Crippen LogP contribution in [0, 0.1) is 12.3 Å². The van der Waals surface area contributed by atoms with E-state index in [1.54, 1.807) is 42.9 Å². The molecule has 176 valence electrons. The van der Waals surface area contributed by atoms with E-state index in [0.29, 0.717) is 29.3 Å². The molecule has 4 N–H and O–H groups in total. The second-order valence-electron chi connectivity index (χ2n) is 8.29. The largest absolute Gasteiger partial charge is 0.358 e. The van der Waals surface area contributed by atoms with Crippen molar-refractivity contribution in [3.05, 3.63) is 77.6 Å². The number of nitrogens with one attached hydrogen (secondary N) is 4. The van der Waals surface area contributed by atoms with Crippen LogP contribution in [0.1, 0.15) is 46.7 Å². The standard InChI is InChI=1S/C25H30N8O/c1-18-6-4-7-21(30-18)23(26)32-24(31-20-8-11-27-12-9-20)22-16-19(17-29-22)25(34)28-10-5-15-33-13-2-3-14-33/h4,6-9,11-12,16-17,29H,2-3,5,10,13-15H2,1H3,(H,28,34)(H2,26,27,31,32). The highest BCUT2D eigenvalue weighted by atomic mass is 16.1. The van der Waals surface area contributed by atoms with Gasteiger partial charge in [-0.25, -0.2) is 9.98 Å². The molecule has 0 aromatic carbocycles. The van der Waals surface area contributed by atoms with E-state index in [9.17, 15) is 4.79 Å². The van der Waals surface area contributed by atoms with E-state index in [1.165, 1.54) is 12.8 Å². The minimum Gasteiger partial charge on any atom is -0.358 e. The first kappa shape index (κ1) is 23.3. The fraction of sp³-hybridized carbons (Fsp3) is 0.320. The van der Waals surface area contributed by atoms with E-state index < -0.39 is 0 Å². The number of pyridine rings is 2. The average molecular weight is 459 g/mol. The topological polar surface area (TPSA) is 122 Å². The smallest absolute Gasteiger partial charge is 0.252 e. The van der Waals surface area contributed by atoms with Gasteiger partial charge in [-0.3, -0.25) is 15.2 Å². The minimum atomic E-state index is -0.136. The third-order valence-corrected chi connectivity index (χ3v) is 5.63. The van der Waals surface area contributed by atoms with Crippen molar-refractivity contribution < 1.29 is 4.79 Å². The van der Waals surface area contributed by atoms with Crippen molar-refractivity contribution in [3.63, 3.8) is 0 Å². The molecule has 1 amide bonds. The predicted octanol–water partition coefficient (Wildman–Crippen LogP) is 3.21. The van der Waals surface area contributed by atoms with Crippen LogP contribution in [-0.4, -0.2) is 63.6 Å². The quantitative estimate of drug-likeness (QED) is 0.235. The third-order valence-electron chi connectivity index (χ3n) is 5.63. The molecule has 9 nitrogen and oxygen atoms in total. The molecule has 1 aliphatic heterocycles. The van der Waals surface area contributed by atoms with Gasteiger partial charge >= 0.3 is 0 Å². The molecule has 0 aliphatic carbocycles. The Labute approximate surface area is 199 Å². The summed E-state index contributed by atoms with van der Waals surface area (Å²) in [5.41, 5.74) is 3.15. The lowest BCUT2D eigenvalue weighted by Gasteiger charge is -2.14. The number of aromatic nitrogens is 3. The molecule has 1 aliphatic rings. The Balaban J connectivity index is 1.46. The second-order valence-corrected chi connectivity index (χ2v) is 8.29. The number of likely N-dealkylation sites (tertiary alicyclic amines) is 1. The van der Waals surface area contributed by atoms with Crippen molar-refractivity contribution in [2.24, 2.45) is 4.99 Å². The van der Waals surface area contributed by atoms with Crippen LogP contribution in [-0.2, 0) is 0 Å². The van der Waals surface area contributed by atoms with Crippen molar-refractivity contribution in [3.8, 4) is 0 Å². The Kier molecular flexibility index (Phi) is 7.77. The van der Waals surface area contributed by atoms with Crippen molar-refractivity contribution in [1.82, 2.24) is 25.2 Å². The fourth-order valence-corrected chi connectivity index (χ4v) is 3.85. The highest BCUT2D eigenvalue weighted by Crippen LogP contribution is 2.12. The SMILES string of the molecule is Cc1cccc(C(=N)/N=C(/Nc2ccncc2)c2cc(C(=O)NCCCN3CCCC3)c[nH]2)n1. The highest BCUT2D eigenvalue weighted by molar-refractivity contribution is 6.15. The molecule has 3 aromatic rings. The maximum Gasteiger partial charge on any atom is 0.252 e. The van der Waals surface area contributed by atoms with Crippen molar-refractivity contribution in [2.75, 3.05) is 31.5 Å². The molecule has 34 heavy (non-hydrogen) atoms. The normalized spacial score (nSPS) is 14.2. The van der Waals surface area contributed by atoms with E-state index in [1.807, 2.05) is 19.1 Å². The zero-order valence-electron chi connectivity index (χ0n) is 19.3. The lowest BCUT2D eigenvalue weighted by Crippen LogP contribution is -2.28. The Morgan fingerprint density at radius 2 is 2.00 bits per heavy atom. The molecular formula is C25H30N8O. The Morgan fingerprint density at radius 1 is 1.21 bits per heavy atom. The molecule has 0 atom stereocenters. The van der Waals surface area contributed by atoms with E-state index in [0.717, 1.165) is 37.4 Å². The van der Waals surface area contributed by atoms with Crippen LogP contribution < -0.4 is 10.6 Å². The summed E-state index contributed by atoms with van der Waals surface area (Å²) in [5.74, 6) is 0.290. The molecule has 0 radical (unpaired) electrons. The number of hydrogen-bond acceptors (Lipinski definition) is 5. The number of rotatable bonds is 8.